The molecule has 2 aliphatic heterocycles. The van der Waals surface area contributed by atoms with Crippen LogP contribution in [0.15, 0.2) is 5.38 Å². The summed E-state index contributed by atoms with van der Waals surface area (Å²) in [6, 6.07) is 0. The molecule has 2 spiro atoms. The molecule has 5 rings (SSSR count). The topological polar surface area (TPSA) is 40.6 Å². The minimum atomic E-state index is 0.187. The van der Waals surface area contributed by atoms with Crippen molar-refractivity contribution in [1.82, 2.24) is 9.80 Å². The van der Waals surface area contributed by atoms with Crippen LogP contribution >= 0.6 is 11.3 Å². The summed E-state index contributed by atoms with van der Waals surface area (Å²) in [7, 11) is 0. The summed E-state index contributed by atoms with van der Waals surface area (Å²) >= 11 is 1.68. The number of likely N-dealkylation sites (tertiary alicyclic amines) is 2. The molecular weight excluding hydrogens is 332 g/mol. The zero-order valence-electron chi connectivity index (χ0n) is 15.1. The highest BCUT2D eigenvalue weighted by molar-refractivity contribution is 7.10. The Morgan fingerprint density at radius 3 is 2.44 bits per heavy atom. The minimum absolute atomic E-state index is 0.187. The minimum Gasteiger partial charge on any atom is -0.341 e. The molecule has 3 heterocycles. The lowest BCUT2D eigenvalue weighted by atomic mass is 9.72. The van der Waals surface area contributed by atoms with Crippen LogP contribution in [0.3, 0.4) is 0 Å². The molecule has 5 heteroatoms. The van der Waals surface area contributed by atoms with Gasteiger partial charge in [-0.3, -0.25) is 9.59 Å². The molecule has 134 valence electrons. The van der Waals surface area contributed by atoms with E-state index in [2.05, 4.69) is 18.7 Å². The van der Waals surface area contributed by atoms with Crippen molar-refractivity contribution in [3.63, 3.8) is 0 Å². The molecule has 1 aromatic heterocycles. The van der Waals surface area contributed by atoms with Gasteiger partial charge < -0.3 is 9.80 Å². The molecule has 0 radical (unpaired) electrons. The molecule has 4 fully saturated rings. The van der Waals surface area contributed by atoms with Crippen molar-refractivity contribution in [2.24, 2.45) is 16.7 Å². The zero-order chi connectivity index (χ0) is 17.4. The van der Waals surface area contributed by atoms with Crippen LogP contribution in [0, 0.1) is 23.7 Å². The highest BCUT2D eigenvalue weighted by Gasteiger charge is 2.64. The van der Waals surface area contributed by atoms with Crippen LogP contribution in [-0.2, 0) is 11.2 Å². The normalized spacial score (nSPS) is 27.7. The number of hydrogen-bond donors (Lipinski definition) is 0. The molecule has 2 aliphatic carbocycles. The second-order valence-electron chi connectivity index (χ2n) is 8.87. The molecule has 0 aromatic carbocycles. The summed E-state index contributed by atoms with van der Waals surface area (Å²) in [5.74, 6) is 0.918. The van der Waals surface area contributed by atoms with E-state index in [1.54, 1.807) is 11.3 Å². The zero-order valence-corrected chi connectivity index (χ0v) is 16.0. The average Bonchev–Trinajstić information content (AvgIpc) is 3.15. The van der Waals surface area contributed by atoms with Crippen molar-refractivity contribution in [3.05, 3.63) is 21.4 Å². The summed E-state index contributed by atoms with van der Waals surface area (Å²) in [5.41, 5.74) is 2.73. The van der Waals surface area contributed by atoms with E-state index in [1.165, 1.54) is 29.7 Å². The standard InChI is InChI=1S/C20H26N2O2S/c1-3-14-13(2)25-8-15(14)17(23)21-9-19(10-21)11-22(12-19)18(24)16-7-20(16)5-4-6-20/h8,16H,3-7,9-12H2,1-2H3. The van der Waals surface area contributed by atoms with E-state index in [4.69, 9.17) is 0 Å². The second-order valence-corrected chi connectivity index (χ2v) is 9.95. The van der Waals surface area contributed by atoms with Crippen molar-refractivity contribution in [3.8, 4) is 0 Å². The first-order chi connectivity index (χ1) is 12.0. The quantitative estimate of drug-likeness (QED) is 0.833. The van der Waals surface area contributed by atoms with Gasteiger partial charge in [0, 0.05) is 47.8 Å². The lowest BCUT2D eigenvalue weighted by molar-refractivity contribution is -0.157. The van der Waals surface area contributed by atoms with E-state index in [-0.39, 0.29) is 11.3 Å². The highest BCUT2D eigenvalue weighted by atomic mass is 32.1. The Morgan fingerprint density at radius 1 is 1.20 bits per heavy atom. The Hall–Kier alpha value is -1.36. The number of carbonyl (C=O) groups excluding carboxylic acids is 2. The van der Waals surface area contributed by atoms with Gasteiger partial charge in [0.1, 0.15) is 0 Å². The fourth-order valence-electron chi connectivity index (χ4n) is 5.40. The average molecular weight is 359 g/mol. The summed E-state index contributed by atoms with van der Waals surface area (Å²) < 4.78 is 0. The van der Waals surface area contributed by atoms with Crippen LogP contribution in [0.2, 0.25) is 0 Å². The molecule has 4 aliphatic rings. The van der Waals surface area contributed by atoms with Crippen LogP contribution in [0.5, 0.6) is 0 Å². The lowest BCUT2D eigenvalue weighted by Gasteiger charge is -2.60. The number of rotatable bonds is 3. The van der Waals surface area contributed by atoms with E-state index in [1.807, 2.05) is 10.3 Å². The molecule has 1 unspecified atom stereocenters. The van der Waals surface area contributed by atoms with E-state index >= 15 is 0 Å². The fraction of sp³-hybridized carbons (Fsp3) is 0.700. The summed E-state index contributed by atoms with van der Waals surface area (Å²) in [6.07, 6.45) is 5.90. The number of hydrogen-bond acceptors (Lipinski definition) is 3. The predicted molar refractivity (Wildman–Crippen MR) is 97.7 cm³/mol. The molecule has 0 bridgehead atoms. The fourth-order valence-corrected chi connectivity index (χ4v) is 6.33. The van der Waals surface area contributed by atoms with E-state index in [0.29, 0.717) is 17.2 Å². The van der Waals surface area contributed by atoms with Crippen molar-refractivity contribution < 1.29 is 9.59 Å². The summed E-state index contributed by atoms with van der Waals surface area (Å²) in [4.78, 5) is 30.7. The van der Waals surface area contributed by atoms with Gasteiger partial charge in [0.15, 0.2) is 0 Å². The maximum absolute atomic E-state index is 12.8. The first-order valence-corrected chi connectivity index (χ1v) is 10.5. The highest BCUT2D eigenvalue weighted by Crippen LogP contribution is 2.66. The van der Waals surface area contributed by atoms with Gasteiger partial charge in [-0.1, -0.05) is 13.3 Å². The molecule has 4 nitrogen and oxygen atoms in total. The van der Waals surface area contributed by atoms with Crippen molar-refractivity contribution in [2.75, 3.05) is 26.2 Å². The lowest BCUT2D eigenvalue weighted by Crippen LogP contribution is -2.73. The Kier molecular flexibility index (Phi) is 3.23. The van der Waals surface area contributed by atoms with Gasteiger partial charge in [-0.05, 0) is 43.6 Å². The van der Waals surface area contributed by atoms with Crippen molar-refractivity contribution >= 4 is 23.2 Å². The van der Waals surface area contributed by atoms with Gasteiger partial charge in [0.25, 0.3) is 5.91 Å². The molecule has 1 atom stereocenters. The molecule has 0 N–H and O–H groups in total. The number of amides is 2. The third-order valence-electron chi connectivity index (χ3n) is 7.23. The third-order valence-corrected chi connectivity index (χ3v) is 8.18. The van der Waals surface area contributed by atoms with Gasteiger partial charge in [-0.25, -0.2) is 0 Å². The van der Waals surface area contributed by atoms with E-state index in [0.717, 1.165) is 44.6 Å². The third kappa shape index (κ3) is 2.17. The molecule has 2 saturated heterocycles. The molecule has 2 saturated carbocycles. The molecule has 1 aromatic rings. The van der Waals surface area contributed by atoms with Crippen LogP contribution in [0.25, 0.3) is 0 Å². The smallest absolute Gasteiger partial charge is 0.255 e. The monoisotopic (exact) mass is 358 g/mol. The van der Waals surface area contributed by atoms with E-state index in [9.17, 15) is 9.59 Å². The Labute approximate surface area is 153 Å². The maximum Gasteiger partial charge on any atom is 0.255 e. The summed E-state index contributed by atoms with van der Waals surface area (Å²) in [5, 5.41) is 2.02. The largest absolute Gasteiger partial charge is 0.341 e. The van der Waals surface area contributed by atoms with Crippen LogP contribution in [0.4, 0.5) is 0 Å². The Morgan fingerprint density at radius 2 is 1.88 bits per heavy atom. The van der Waals surface area contributed by atoms with Crippen molar-refractivity contribution in [2.45, 2.75) is 46.0 Å². The van der Waals surface area contributed by atoms with E-state index < -0.39 is 0 Å². The first kappa shape index (κ1) is 15.9. The predicted octanol–water partition coefficient (Wildman–Crippen LogP) is 3.09. The number of aryl methyl sites for hydroxylation is 1. The Bertz CT molecular complexity index is 750. The van der Waals surface area contributed by atoms with Gasteiger partial charge >= 0.3 is 0 Å². The van der Waals surface area contributed by atoms with Crippen LogP contribution < -0.4 is 0 Å². The Balaban J connectivity index is 1.16. The summed E-state index contributed by atoms with van der Waals surface area (Å²) in [6.45, 7) is 7.59. The van der Waals surface area contributed by atoms with Crippen LogP contribution in [-0.4, -0.2) is 47.8 Å². The second kappa shape index (κ2) is 5.09. The van der Waals surface area contributed by atoms with Gasteiger partial charge in [-0.2, -0.15) is 0 Å². The molecule has 25 heavy (non-hydrogen) atoms. The molecular formula is C20H26N2O2S. The maximum atomic E-state index is 12.8. The SMILES string of the molecule is CCc1c(C(=O)N2CC3(C2)CN(C(=O)C2CC24CCC4)C3)csc1C. The van der Waals surface area contributed by atoms with Gasteiger partial charge in [0.2, 0.25) is 5.91 Å². The van der Waals surface area contributed by atoms with Crippen LogP contribution in [0.1, 0.15) is 53.4 Å². The number of carbonyl (C=O) groups is 2. The first-order valence-electron chi connectivity index (χ1n) is 9.62. The van der Waals surface area contributed by atoms with Crippen molar-refractivity contribution in [1.29, 1.82) is 0 Å². The van der Waals surface area contributed by atoms with Gasteiger partial charge in [-0.15, -0.1) is 11.3 Å². The number of nitrogens with zero attached hydrogens (tertiary/aromatic N) is 2. The van der Waals surface area contributed by atoms with Gasteiger partial charge in [0.05, 0.1) is 5.56 Å². The number of thiophene rings is 1. The molecule has 2 amide bonds.